The van der Waals surface area contributed by atoms with Crippen LogP contribution in [0, 0.1) is 11.2 Å². The Labute approximate surface area is 201 Å². The van der Waals surface area contributed by atoms with Crippen molar-refractivity contribution in [3.8, 4) is 0 Å². The minimum atomic E-state index is -4.47. The second kappa shape index (κ2) is 8.92. The minimum Gasteiger partial charge on any atom is -0.337 e. The van der Waals surface area contributed by atoms with Gasteiger partial charge < -0.3 is 15.1 Å². The largest absolute Gasteiger partial charge is 0.419 e. The van der Waals surface area contributed by atoms with Gasteiger partial charge in [0.25, 0.3) is 0 Å². The fourth-order valence-electron chi connectivity index (χ4n) is 5.54. The minimum absolute atomic E-state index is 0.104. The molecule has 2 saturated heterocycles. The lowest BCUT2D eigenvalue weighted by Crippen LogP contribution is -2.67. The molecule has 3 heterocycles. The number of piperazine rings is 1. The van der Waals surface area contributed by atoms with E-state index in [4.69, 9.17) is 0 Å². The Morgan fingerprint density at radius 3 is 2.37 bits per heavy atom. The highest BCUT2D eigenvalue weighted by molar-refractivity contribution is 5.75. The number of benzene rings is 1. The maximum absolute atomic E-state index is 13.1. The average Bonchev–Trinajstić information content (AvgIpc) is 2.77. The van der Waals surface area contributed by atoms with Gasteiger partial charge in [-0.05, 0) is 42.9 Å². The predicted molar refractivity (Wildman–Crippen MR) is 121 cm³/mol. The van der Waals surface area contributed by atoms with E-state index in [-0.39, 0.29) is 35.3 Å². The number of hydrogen-bond donors (Lipinski definition) is 1. The van der Waals surface area contributed by atoms with Crippen molar-refractivity contribution in [2.75, 3.05) is 37.6 Å². The number of rotatable bonds is 4. The predicted octanol–water partition coefficient (Wildman–Crippen LogP) is 3.52. The van der Waals surface area contributed by atoms with Gasteiger partial charge in [-0.2, -0.15) is 13.2 Å². The van der Waals surface area contributed by atoms with E-state index in [1.165, 1.54) is 12.1 Å². The first-order valence-electron chi connectivity index (χ1n) is 11.8. The number of anilines is 1. The van der Waals surface area contributed by atoms with Crippen LogP contribution in [0.5, 0.6) is 0 Å². The Kier molecular flexibility index (Phi) is 6.06. The van der Waals surface area contributed by atoms with Crippen LogP contribution >= 0.6 is 0 Å². The third-order valence-corrected chi connectivity index (χ3v) is 7.26. The van der Waals surface area contributed by atoms with E-state index in [0.29, 0.717) is 19.6 Å². The zero-order valence-electron chi connectivity index (χ0n) is 19.4. The summed E-state index contributed by atoms with van der Waals surface area (Å²) in [4.78, 5) is 26.5. The zero-order chi connectivity index (χ0) is 24.8. The lowest BCUT2D eigenvalue weighted by atomic mass is 9.60. The Morgan fingerprint density at radius 2 is 1.77 bits per heavy atom. The molecule has 3 fully saturated rings. The van der Waals surface area contributed by atoms with Crippen molar-refractivity contribution >= 4 is 12.0 Å². The molecule has 0 unspecified atom stereocenters. The van der Waals surface area contributed by atoms with Crippen LogP contribution < -0.4 is 10.2 Å². The molecule has 1 spiro atoms. The summed E-state index contributed by atoms with van der Waals surface area (Å²) in [5.41, 5.74) is 0.484. The zero-order valence-corrected chi connectivity index (χ0v) is 19.4. The lowest BCUT2D eigenvalue weighted by molar-refractivity contribution is -0.138. The second-order valence-electron chi connectivity index (χ2n) is 10.1. The molecule has 1 aromatic carbocycles. The molecule has 188 valence electrons. The van der Waals surface area contributed by atoms with Crippen molar-refractivity contribution in [2.45, 2.75) is 44.6 Å². The first kappa shape index (κ1) is 23.8. The van der Waals surface area contributed by atoms with E-state index in [0.717, 1.165) is 50.4 Å². The summed E-state index contributed by atoms with van der Waals surface area (Å²) in [6, 6.07) is 6.52. The van der Waals surface area contributed by atoms with Gasteiger partial charge in [0.2, 0.25) is 5.95 Å². The lowest BCUT2D eigenvalue weighted by Gasteiger charge is -2.59. The third kappa shape index (κ3) is 5.05. The number of carbonyl (C=O) groups is 1. The standard InChI is InChI=1S/C24H28F4N6O/c1-16-12-33(21-29-10-18(11-30-21)24(26,27)28)6-7-34(16)22(35)31-20-8-23(9-20)14-32(15-23)13-17-2-4-19(25)5-3-17/h2-5,10-11,16,20H,6-9,12-15H2,1H3,(H,31,35)/t16-/m1/s1. The first-order chi connectivity index (χ1) is 16.6. The third-order valence-electron chi connectivity index (χ3n) is 7.26. The van der Waals surface area contributed by atoms with Gasteiger partial charge in [-0.25, -0.2) is 19.2 Å². The Morgan fingerprint density at radius 1 is 1.11 bits per heavy atom. The summed E-state index contributed by atoms with van der Waals surface area (Å²) in [6.07, 6.45) is -0.985. The van der Waals surface area contributed by atoms with Gasteiger partial charge in [0.15, 0.2) is 0 Å². The highest BCUT2D eigenvalue weighted by atomic mass is 19.4. The van der Waals surface area contributed by atoms with Crippen molar-refractivity contribution in [3.63, 3.8) is 0 Å². The van der Waals surface area contributed by atoms with Crippen LogP contribution in [-0.2, 0) is 12.7 Å². The molecular formula is C24H28F4N6O. The number of carbonyl (C=O) groups excluding carboxylic acids is 1. The molecule has 5 rings (SSSR count). The van der Waals surface area contributed by atoms with E-state index < -0.39 is 11.7 Å². The first-order valence-corrected chi connectivity index (χ1v) is 11.8. The summed E-state index contributed by atoms with van der Waals surface area (Å²) in [7, 11) is 0. The number of nitrogens with one attached hydrogen (secondary N) is 1. The molecule has 1 N–H and O–H groups in total. The quantitative estimate of drug-likeness (QED) is 0.662. The number of hydrogen-bond acceptors (Lipinski definition) is 5. The van der Waals surface area contributed by atoms with Crippen LogP contribution in [0.2, 0.25) is 0 Å². The molecule has 0 bridgehead atoms. The fraction of sp³-hybridized carbons (Fsp3) is 0.542. The smallest absolute Gasteiger partial charge is 0.337 e. The van der Waals surface area contributed by atoms with Gasteiger partial charge in [0, 0.05) is 63.7 Å². The van der Waals surface area contributed by atoms with Crippen molar-refractivity contribution in [2.24, 2.45) is 5.41 Å². The topological polar surface area (TPSA) is 64.6 Å². The van der Waals surface area contributed by atoms with Gasteiger partial charge in [-0.15, -0.1) is 0 Å². The number of amides is 2. The van der Waals surface area contributed by atoms with Crippen LogP contribution in [0.15, 0.2) is 36.7 Å². The maximum atomic E-state index is 13.1. The van der Waals surface area contributed by atoms with E-state index in [9.17, 15) is 22.4 Å². The highest BCUT2D eigenvalue weighted by Gasteiger charge is 2.52. The van der Waals surface area contributed by atoms with Gasteiger partial charge in [-0.3, -0.25) is 4.90 Å². The monoisotopic (exact) mass is 492 g/mol. The van der Waals surface area contributed by atoms with Crippen molar-refractivity contribution < 1.29 is 22.4 Å². The van der Waals surface area contributed by atoms with Gasteiger partial charge in [0.1, 0.15) is 5.82 Å². The van der Waals surface area contributed by atoms with Crippen molar-refractivity contribution in [1.29, 1.82) is 0 Å². The molecule has 35 heavy (non-hydrogen) atoms. The molecule has 1 aliphatic carbocycles. The van der Waals surface area contributed by atoms with Gasteiger partial charge >= 0.3 is 12.2 Å². The molecule has 2 aromatic rings. The van der Waals surface area contributed by atoms with E-state index in [1.807, 2.05) is 19.1 Å². The van der Waals surface area contributed by atoms with Crippen LogP contribution in [0.4, 0.5) is 28.3 Å². The molecule has 0 radical (unpaired) electrons. The summed E-state index contributed by atoms with van der Waals surface area (Å²) in [5, 5.41) is 3.14. The number of halogens is 4. The Balaban J connectivity index is 1.05. The molecule has 2 amide bonds. The molecule has 1 atom stereocenters. The van der Waals surface area contributed by atoms with Crippen LogP contribution in [0.1, 0.15) is 30.9 Å². The maximum Gasteiger partial charge on any atom is 0.419 e. The second-order valence-corrected chi connectivity index (χ2v) is 10.1. The summed E-state index contributed by atoms with van der Waals surface area (Å²) in [5.74, 6) is 0.0103. The molecule has 11 heteroatoms. The highest BCUT2D eigenvalue weighted by Crippen LogP contribution is 2.48. The summed E-state index contributed by atoms with van der Waals surface area (Å²) < 4.78 is 51.3. The summed E-state index contributed by atoms with van der Waals surface area (Å²) in [6.45, 7) is 6.04. The van der Waals surface area contributed by atoms with Crippen molar-refractivity contribution in [1.82, 2.24) is 25.1 Å². The van der Waals surface area contributed by atoms with E-state index in [2.05, 4.69) is 20.2 Å². The van der Waals surface area contributed by atoms with E-state index in [1.54, 1.807) is 9.80 Å². The number of likely N-dealkylation sites (tertiary alicyclic amines) is 1. The fourth-order valence-corrected chi connectivity index (χ4v) is 5.54. The Hall–Kier alpha value is -2.95. The molecule has 2 aliphatic heterocycles. The number of urea groups is 1. The number of nitrogens with zero attached hydrogens (tertiary/aromatic N) is 5. The average molecular weight is 493 g/mol. The molecule has 3 aliphatic rings. The molecule has 1 saturated carbocycles. The van der Waals surface area contributed by atoms with Crippen LogP contribution in [0.3, 0.4) is 0 Å². The number of alkyl halides is 3. The van der Waals surface area contributed by atoms with Crippen LogP contribution in [0.25, 0.3) is 0 Å². The van der Waals surface area contributed by atoms with E-state index >= 15 is 0 Å². The summed E-state index contributed by atoms with van der Waals surface area (Å²) >= 11 is 0. The van der Waals surface area contributed by atoms with Crippen LogP contribution in [-0.4, -0.2) is 70.6 Å². The van der Waals surface area contributed by atoms with Gasteiger partial charge in [-0.1, -0.05) is 12.1 Å². The van der Waals surface area contributed by atoms with Crippen molar-refractivity contribution in [3.05, 3.63) is 53.6 Å². The Bertz CT molecular complexity index is 1050. The van der Waals surface area contributed by atoms with Gasteiger partial charge in [0.05, 0.1) is 5.56 Å². The SMILES string of the molecule is C[C@@H]1CN(c2ncc(C(F)(F)F)cn2)CCN1C(=O)NC1CC2(C1)CN(Cc1ccc(F)cc1)C2. The number of aromatic nitrogens is 2. The molecular weight excluding hydrogens is 464 g/mol. The molecule has 7 nitrogen and oxygen atoms in total. The normalized spacial score (nSPS) is 22.6. The molecule has 1 aromatic heterocycles.